The number of amides is 1. The number of ether oxygens (including phenoxy) is 1. The molecule has 2 rings (SSSR count). The van der Waals surface area contributed by atoms with Gasteiger partial charge in [-0.05, 0) is 33.6 Å². The maximum atomic E-state index is 13.9. The van der Waals surface area contributed by atoms with Gasteiger partial charge in [-0.1, -0.05) is 0 Å². The van der Waals surface area contributed by atoms with Gasteiger partial charge in [0.15, 0.2) is 11.5 Å². The molecule has 1 saturated heterocycles. The Kier molecular flexibility index (Phi) is 5.49. The van der Waals surface area contributed by atoms with Crippen LogP contribution in [0.1, 0.15) is 44.1 Å². The molecule has 0 radical (unpaired) electrons. The SMILES string of the molecule is CN(c1cnc(C(=O)O)c(F)c1)C1CCCN(C(=O)OC(C)(C)C)C1. The number of carbonyl (C=O) groups is 2. The summed E-state index contributed by atoms with van der Waals surface area (Å²) in [5.74, 6) is -2.28. The topological polar surface area (TPSA) is 83.0 Å². The van der Waals surface area contributed by atoms with Crippen LogP contribution in [0.2, 0.25) is 0 Å². The lowest BCUT2D eigenvalue weighted by atomic mass is 10.0. The number of halogens is 1. The van der Waals surface area contributed by atoms with E-state index in [-0.39, 0.29) is 12.1 Å². The number of rotatable bonds is 3. The molecule has 0 aromatic carbocycles. The van der Waals surface area contributed by atoms with Gasteiger partial charge in [0.1, 0.15) is 5.60 Å². The molecule has 1 aromatic heterocycles. The molecule has 25 heavy (non-hydrogen) atoms. The minimum absolute atomic E-state index is 0.0295. The van der Waals surface area contributed by atoms with Crippen LogP contribution >= 0.6 is 0 Å². The molecule has 0 aliphatic carbocycles. The second-order valence-electron chi connectivity index (χ2n) is 7.16. The van der Waals surface area contributed by atoms with Crippen LogP contribution in [0.5, 0.6) is 0 Å². The molecule has 1 N–H and O–H groups in total. The Hall–Kier alpha value is -2.38. The number of hydrogen-bond donors (Lipinski definition) is 1. The first-order valence-corrected chi connectivity index (χ1v) is 8.18. The molecule has 1 aromatic rings. The molecule has 138 valence electrons. The molecule has 1 amide bonds. The van der Waals surface area contributed by atoms with E-state index in [4.69, 9.17) is 9.84 Å². The predicted molar refractivity (Wildman–Crippen MR) is 90.4 cm³/mol. The zero-order valence-electron chi connectivity index (χ0n) is 15.0. The third kappa shape index (κ3) is 4.80. The summed E-state index contributed by atoms with van der Waals surface area (Å²) in [5, 5.41) is 8.86. The van der Waals surface area contributed by atoms with Crippen molar-refractivity contribution in [2.75, 3.05) is 25.0 Å². The van der Waals surface area contributed by atoms with Crippen molar-refractivity contribution in [1.29, 1.82) is 0 Å². The summed E-state index contributed by atoms with van der Waals surface area (Å²) in [6.45, 7) is 6.52. The van der Waals surface area contributed by atoms with E-state index >= 15 is 0 Å². The summed E-state index contributed by atoms with van der Waals surface area (Å²) < 4.78 is 19.3. The van der Waals surface area contributed by atoms with Gasteiger partial charge in [-0.15, -0.1) is 0 Å². The number of aromatic nitrogens is 1. The maximum absolute atomic E-state index is 13.9. The summed E-state index contributed by atoms with van der Waals surface area (Å²) in [4.78, 5) is 30.2. The number of carboxylic acid groups (broad SMARTS) is 1. The maximum Gasteiger partial charge on any atom is 0.410 e. The second-order valence-corrected chi connectivity index (χ2v) is 7.16. The highest BCUT2D eigenvalue weighted by atomic mass is 19.1. The highest BCUT2D eigenvalue weighted by molar-refractivity contribution is 5.85. The van der Waals surface area contributed by atoms with Gasteiger partial charge < -0.3 is 19.6 Å². The van der Waals surface area contributed by atoms with Crippen LogP contribution in [0.15, 0.2) is 12.3 Å². The average Bonchev–Trinajstić information content (AvgIpc) is 2.52. The standard InChI is InChI=1S/C17H24FN3O4/c1-17(2,3)25-16(24)21-7-5-6-11(10-21)20(4)12-8-13(18)14(15(22)23)19-9-12/h8-9,11H,5-7,10H2,1-4H3,(H,22,23). The van der Waals surface area contributed by atoms with Gasteiger partial charge in [-0.2, -0.15) is 0 Å². The summed E-state index contributed by atoms with van der Waals surface area (Å²) in [6, 6.07) is 1.13. The molecule has 0 spiro atoms. The molecule has 1 fully saturated rings. The molecule has 1 unspecified atom stereocenters. The van der Waals surface area contributed by atoms with E-state index in [1.165, 1.54) is 6.20 Å². The molecule has 0 bridgehead atoms. The Morgan fingerprint density at radius 2 is 2.12 bits per heavy atom. The first kappa shape index (κ1) is 19.0. The third-order valence-electron chi connectivity index (χ3n) is 4.03. The van der Waals surface area contributed by atoms with E-state index in [0.29, 0.717) is 18.8 Å². The highest BCUT2D eigenvalue weighted by Crippen LogP contribution is 2.23. The number of nitrogens with zero attached hydrogens (tertiary/aromatic N) is 3. The summed E-state index contributed by atoms with van der Waals surface area (Å²) >= 11 is 0. The summed E-state index contributed by atoms with van der Waals surface area (Å²) in [6.07, 6.45) is 2.60. The van der Waals surface area contributed by atoms with E-state index in [9.17, 15) is 14.0 Å². The third-order valence-corrected chi connectivity index (χ3v) is 4.03. The Labute approximate surface area is 146 Å². The lowest BCUT2D eigenvalue weighted by molar-refractivity contribution is 0.0199. The molecule has 2 heterocycles. The summed E-state index contributed by atoms with van der Waals surface area (Å²) in [7, 11) is 1.78. The number of aromatic carboxylic acids is 1. The number of carbonyl (C=O) groups excluding carboxylic acids is 1. The highest BCUT2D eigenvalue weighted by Gasteiger charge is 2.30. The zero-order valence-corrected chi connectivity index (χ0v) is 15.0. The number of carboxylic acids is 1. The molecule has 7 nitrogen and oxygen atoms in total. The number of likely N-dealkylation sites (N-methyl/N-ethyl adjacent to an activating group) is 1. The predicted octanol–water partition coefficient (Wildman–Crippen LogP) is 2.75. The quantitative estimate of drug-likeness (QED) is 0.900. The Bertz CT molecular complexity index is 660. The minimum Gasteiger partial charge on any atom is -0.476 e. The molecule has 1 aliphatic rings. The largest absolute Gasteiger partial charge is 0.476 e. The summed E-state index contributed by atoms with van der Waals surface area (Å²) in [5.41, 5.74) is -0.690. The van der Waals surface area contributed by atoms with Crippen molar-refractivity contribution in [3.8, 4) is 0 Å². The molecular weight excluding hydrogens is 329 g/mol. The Balaban J connectivity index is 2.09. The van der Waals surface area contributed by atoms with Crippen molar-refractivity contribution in [2.24, 2.45) is 0 Å². The fourth-order valence-corrected chi connectivity index (χ4v) is 2.75. The normalized spacial score (nSPS) is 18.0. The van der Waals surface area contributed by atoms with E-state index in [1.54, 1.807) is 11.9 Å². The lowest BCUT2D eigenvalue weighted by Crippen LogP contribution is -2.50. The van der Waals surface area contributed by atoms with Crippen molar-refractivity contribution in [2.45, 2.75) is 45.3 Å². The molecule has 8 heteroatoms. The van der Waals surface area contributed by atoms with Crippen LogP contribution in [-0.2, 0) is 4.74 Å². The van der Waals surface area contributed by atoms with Crippen molar-refractivity contribution in [3.05, 3.63) is 23.8 Å². The molecule has 1 aliphatic heterocycles. The van der Waals surface area contributed by atoms with Crippen LogP contribution in [0.3, 0.4) is 0 Å². The van der Waals surface area contributed by atoms with E-state index in [2.05, 4.69) is 4.98 Å². The van der Waals surface area contributed by atoms with Gasteiger partial charge >= 0.3 is 12.1 Å². The average molecular weight is 353 g/mol. The van der Waals surface area contributed by atoms with Gasteiger partial charge in [-0.25, -0.2) is 19.0 Å². The number of pyridine rings is 1. The fraction of sp³-hybridized carbons (Fsp3) is 0.588. The van der Waals surface area contributed by atoms with Crippen LogP contribution < -0.4 is 4.90 Å². The van der Waals surface area contributed by atoms with E-state index in [0.717, 1.165) is 18.9 Å². The fourth-order valence-electron chi connectivity index (χ4n) is 2.75. The van der Waals surface area contributed by atoms with Gasteiger partial charge in [0.2, 0.25) is 0 Å². The number of piperidine rings is 1. The smallest absolute Gasteiger partial charge is 0.410 e. The monoisotopic (exact) mass is 353 g/mol. The number of hydrogen-bond acceptors (Lipinski definition) is 5. The lowest BCUT2D eigenvalue weighted by Gasteiger charge is -2.39. The van der Waals surface area contributed by atoms with E-state index < -0.39 is 23.1 Å². The van der Waals surface area contributed by atoms with Crippen LogP contribution in [0, 0.1) is 5.82 Å². The minimum atomic E-state index is -1.40. The van der Waals surface area contributed by atoms with E-state index in [1.807, 2.05) is 25.7 Å². The van der Waals surface area contributed by atoms with Gasteiger partial charge in [0.25, 0.3) is 0 Å². The van der Waals surface area contributed by atoms with Gasteiger partial charge in [0, 0.05) is 32.2 Å². The first-order chi connectivity index (χ1) is 11.6. The van der Waals surface area contributed by atoms with Crippen LogP contribution in [-0.4, -0.2) is 58.8 Å². The van der Waals surface area contributed by atoms with Crippen molar-refractivity contribution >= 4 is 17.7 Å². The molecular formula is C17H24FN3O4. The first-order valence-electron chi connectivity index (χ1n) is 8.18. The van der Waals surface area contributed by atoms with Crippen molar-refractivity contribution in [3.63, 3.8) is 0 Å². The number of anilines is 1. The van der Waals surface area contributed by atoms with Crippen molar-refractivity contribution < 1.29 is 23.8 Å². The number of likely N-dealkylation sites (tertiary alicyclic amines) is 1. The van der Waals surface area contributed by atoms with Crippen LogP contribution in [0.25, 0.3) is 0 Å². The Morgan fingerprint density at radius 3 is 2.68 bits per heavy atom. The molecule has 0 saturated carbocycles. The second kappa shape index (κ2) is 7.25. The van der Waals surface area contributed by atoms with Gasteiger partial charge in [0.05, 0.1) is 11.9 Å². The Morgan fingerprint density at radius 1 is 1.44 bits per heavy atom. The molecule has 1 atom stereocenters. The van der Waals surface area contributed by atoms with Crippen molar-refractivity contribution in [1.82, 2.24) is 9.88 Å². The zero-order chi connectivity index (χ0) is 18.8. The van der Waals surface area contributed by atoms with Crippen LogP contribution in [0.4, 0.5) is 14.9 Å². The van der Waals surface area contributed by atoms with Gasteiger partial charge in [-0.3, -0.25) is 0 Å².